The summed E-state index contributed by atoms with van der Waals surface area (Å²) in [5.41, 5.74) is -1.09. The van der Waals surface area contributed by atoms with Crippen LogP contribution in [0.15, 0.2) is 18.2 Å². The Bertz CT molecular complexity index is 457. The minimum Gasteiger partial charge on any atom is -0.396 e. The molecule has 0 atom stereocenters. The third-order valence-electron chi connectivity index (χ3n) is 2.86. The molecule has 20 heavy (non-hydrogen) atoms. The molecule has 2 nitrogen and oxygen atoms in total. The van der Waals surface area contributed by atoms with Crippen LogP contribution in [-0.4, -0.2) is 30.2 Å². The fraction of sp³-hybridized carbons (Fsp3) is 0.571. The van der Waals surface area contributed by atoms with Gasteiger partial charge in [0.1, 0.15) is 5.82 Å². The molecular formula is C14H19F4NO. The van der Waals surface area contributed by atoms with Gasteiger partial charge < -0.3 is 10.0 Å². The van der Waals surface area contributed by atoms with Crippen molar-refractivity contribution in [2.75, 3.05) is 20.2 Å². The molecule has 0 heterocycles. The quantitative estimate of drug-likeness (QED) is 0.842. The minimum absolute atomic E-state index is 0.0334. The van der Waals surface area contributed by atoms with E-state index in [4.69, 9.17) is 5.11 Å². The average Bonchev–Trinajstić information content (AvgIpc) is 2.26. The molecule has 1 rings (SSSR count). The van der Waals surface area contributed by atoms with Gasteiger partial charge in [-0.15, -0.1) is 0 Å². The Balaban J connectivity index is 2.85. The molecule has 0 saturated carbocycles. The number of hydrogen-bond acceptors (Lipinski definition) is 2. The second kappa shape index (κ2) is 6.10. The van der Waals surface area contributed by atoms with Gasteiger partial charge in [-0.2, -0.15) is 13.2 Å². The van der Waals surface area contributed by atoms with Gasteiger partial charge in [0.15, 0.2) is 0 Å². The molecule has 0 aliphatic rings. The van der Waals surface area contributed by atoms with Gasteiger partial charge in [0.2, 0.25) is 0 Å². The van der Waals surface area contributed by atoms with E-state index in [1.165, 1.54) is 0 Å². The van der Waals surface area contributed by atoms with E-state index in [9.17, 15) is 17.6 Å². The summed E-state index contributed by atoms with van der Waals surface area (Å²) in [5, 5.41) is 9.17. The molecule has 114 valence electrons. The first-order valence-corrected chi connectivity index (χ1v) is 6.19. The van der Waals surface area contributed by atoms with Crippen molar-refractivity contribution >= 4 is 0 Å². The van der Waals surface area contributed by atoms with E-state index in [0.717, 1.165) is 12.1 Å². The Kier molecular flexibility index (Phi) is 5.15. The van der Waals surface area contributed by atoms with Crippen molar-refractivity contribution < 1.29 is 22.7 Å². The maximum absolute atomic E-state index is 13.3. The zero-order valence-electron chi connectivity index (χ0n) is 11.8. The van der Waals surface area contributed by atoms with Crippen molar-refractivity contribution in [1.82, 2.24) is 4.90 Å². The first-order valence-electron chi connectivity index (χ1n) is 6.19. The van der Waals surface area contributed by atoms with Crippen LogP contribution in [0.5, 0.6) is 0 Å². The predicted octanol–water partition coefficient (Wildman–Crippen LogP) is 3.29. The maximum Gasteiger partial charge on any atom is 0.416 e. The molecule has 0 aliphatic carbocycles. The van der Waals surface area contributed by atoms with Gasteiger partial charge in [0.05, 0.1) is 5.56 Å². The lowest BCUT2D eigenvalue weighted by molar-refractivity contribution is -0.137. The van der Waals surface area contributed by atoms with E-state index < -0.39 is 17.6 Å². The predicted molar refractivity (Wildman–Crippen MR) is 68.6 cm³/mol. The van der Waals surface area contributed by atoms with Gasteiger partial charge in [-0.25, -0.2) is 4.39 Å². The Morgan fingerprint density at radius 1 is 1.15 bits per heavy atom. The van der Waals surface area contributed by atoms with Crippen LogP contribution >= 0.6 is 0 Å². The molecule has 0 radical (unpaired) electrons. The number of nitrogens with zero attached hydrogens (tertiary/aromatic N) is 1. The lowest BCUT2D eigenvalue weighted by atomic mass is 9.94. The third-order valence-corrected chi connectivity index (χ3v) is 2.86. The van der Waals surface area contributed by atoms with Gasteiger partial charge in [0.25, 0.3) is 0 Å². The molecule has 6 heteroatoms. The Morgan fingerprint density at radius 2 is 1.75 bits per heavy atom. The monoisotopic (exact) mass is 293 g/mol. The van der Waals surface area contributed by atoms with E-state index in [1.54, 1.807) is 11.9 Å². The van der Waals surface area contributed by atoms with Crippen LogP contribution in [0.3, 0.4) is 0 Å². The largest absolute Gasteiger partial charge is 0.416 e. The zero-order chi connectivity index (χ0) is 15.6. The highest BCUT2D eigenvalue weighted by atomic mass is 19.4. The summed E-state index contributed by atoms with van der Waals surface area (Å²) in [6.45, 7) is 4.33. The lowest BCUT2D eigenvalue weighted by Crippen LogP contribution is -2.33. The Labute approximate surface area is 116 Å². The van der Waals surface area contributed by atoms with Gasteiger partial charge in [0, 0.05) is 25.1 Å². The van der Waals surface area contributed by atoms with Crippen molar-refractivity contribution in [2.24, 2.45) is 5.41 Å². The summed E-state index contributed by atoms with van der Waals surface area (Å²) in [7, 11) is 1.72. The number of rotatable bonds is 5. The van der Waals surface area contributed by atoms with Crippen molar-refractivity contribution in [3.05, 3.63) is 35.1 Å². The topological polar surface area (TPSA) is 23.5 Å². The van der Waals surface area contributed by atoms with Crippen LogP contribution < -0.4 is 0 Å². The molecule has 0 unspecified atom stereocenters. The van der Waals surface area contributed by atoms with Crippen molar-refractivity contribution in [3.63, 3.8) is 0 Å². The standard InChI is InChI=1S/C14H19F4NO/c1-13(2,9-20)8-19(3)7-10-4-11(14(16,17)18)6-12(15)5-10/h4-6,20H,7-9H2,1-3H3. The molecule has 0 amide bonds. The minimum atomic E-state index is -4.56. The van der Waals surface area contributed by atoms with Crippen LogP contribution in [0.4, 0.5) is 17.6 Å². The average molecular weight is 293 g/mol. The highest BCUT2D eigenvalue weighted by Gasteiger charge is 2.31. The molecule has 0 bridgehead atoms. The fourth-order valence-corrected chi connectivity index (χ4v) is 2.05. The van der Waals surface area contributed by atoms with E-state index >= 15 is 0 Å². The van der Waals surface area contributed by atoms with E-state index in [-0.39, 0.29) is 24.1 Å². The van der Waals surface area contributed by atoms with Crippen LogP contribution in [-0.2, 0) is 12.7 Å². The number of aliphatic hydroxyl groups excluding tert-OH is 1. The van der Waals surface area contributed by atoms with Crippen molar-refractivity contribution in [3.8, 4) is 0 Å². The highest BCUT2D eigenvalue weighted by molar-refractivity contribution is 5.26. The van der Waals surface area contributed by atoms with Crippen LogP contribution in [0.1, 0.15) is 25.0 Å². The molecule has 1 aromatic carbocycles. The zero-order valence-corrected chi connectivity index (χ0v) is 11.8. The number of alkyl halides is 3. The fourth-order valence-electron chi connectivity index (χ4n) is 2.05. The van der Waals surface area contributed by atoms with E-state index in [1.807, 2.05) is 13.8 Å². The summed E-state index contributed by atoms with van der Waals surface area (Å²) in [5.74, 6) is -0.898. The summed E-state index contributed by atoms with van der Waals surface area (Å²) in [6, 6.07) is 2.53. The molecule has 1 N–H and O–H groups in total. The SMILES string of the molecule is CN(Cc1cc(F)cc(C(F)(F)F)c1)CC(C)(C)CO. The summed E-state index contributed by atoms with van der Waals surface area (Å²) in [6.07, 6.45) is -4.56. The maximum atomic E-state index is 13.3. The van der Waals surface area contributed by atoms with Crippen LogP contribution in [0.2, 0.25) is 0 Å². The van der Waals surface area contributed by atoms with E-state index in [0.29, 0.717) is 12.6 Å². The van der Waals surface area contributed by atoms with E-state index in [2.05, 4.69) is 0 Å². The number of halogens is 4. The van der Waals surface area contributed by atoms with Gasteiger partial charge in [-0.05, 0) is 30.8 Å². The second-order valence-electron chi connectivity index (χ2n) is 5.84. The number of benzene rings is 1. The molecular weight excluding hydrogens is 274 g/mol. The molecule has 0 aromatic heterocycles. The first-order chi connectivity index (χ1) is 9.03. The molecule has 0 aliphatic heterocycles. The Morgan fingerprint density at radius 3 is 2.25 bits per heavy atom. The summed E-state index contributed by atoms with van der Waals surface area (Å²) >= 11 is 0. The van der Waals surface area contributed by atoms with Gasteiger partial charge >= 0.3 is 6.18 Å². The van der Waals surface area contributed by atoms with Crippen LogP contribution in [0, 0.1) is 11.2 Å². The van der Waals surface area contributed by atoms with Crippen LogP contribution in [0.25, 0.3) is 0 Å². The molecule has 1 aromatic rings. The van der Waals surface area contributed by atoms with Gasteiger partial charge in [-0.3, -0.25) is 0 Å². The lowest BCUT2D eigenvalue weighted by Gasteiger charge is -2.28. The highest BCUT2D eigenvalue weighted by Crippen LogP contribution is 2.30. The molecule has 0 fully saturated rings. The number of aliphatic hydroxyl groups is 1. The number of hydrogen-bond donors (Lipinski definition) is 1. The van der Waals surface area contributed by atoms with Crippen molar-refractivity contribution in [1.29, 1.82) is 0 Å². The third kappa shape index (κ3) is 5.09. The normalized spacial score (nSPS) is 13.1. The Hall–Kier alpha value is -1.14. The molecule has 0 saturated heterocycles. The first kappa shape index (κ1) is 16.9. The smallest absolute Gasteiger partial charge is 0.396 e. The van der Waals surface area contributed by atoms with Crippen molar-refractivity contribution in [2.45, 2.75) is 26.6 Å². The van der Waals surface area contributed by atoms with Gasteiger partial charge in [-0.1, -0.05) is 13.8 Å². The summed E-state index contributed by atoms with van der Waals surface area (Å²) in [4.78, 5) is 1.76. The molecule has 0 spiro atoms. The summed E-state index contributed by atoms with van der Waals surface area (Å²) < 4.78 is 51.0. The second-order valence-corrected chi connectivity index (χ2v) is 5.84.